The molecule has 94 valence electrons. The van der Waals surface area contributed by atoms with Crippen molar-refractivity contribution in [3.63, 3.8) is 0 Å². The van der Waals surface area contributed by atoms with Crippen LogP contribution in [0, 0.1) is 0 Å². The number of hydrogen-bond acceptors (Lipinski definition) is 1. The molecule has 0 aliphatic heterocycles. The highest BCUT2D eigenvalue weighted by Gasteiger charge is 2.42. The van der Waals surface area contributed by atoms with E-state index in [4.69, 9.17) is 16.7 Å². The highest BCUT2D eigenvalue weighted by molar-refractivity contribution is 6.31. The Bertz CT molecular complexity index is 453. The second-order valence-corrected chi connectivity index (χ2v) is 4.50. The van der Waals surface area contributed by atoms with E-state index in [2.05, 4.69) is 0 Å². The summed E-state index contributed by atoms with van der Waals surface area (Å²) in [6.45, 7) is 2.37. The molecule has 0 amide bonds. The predicted octanol–water partition coefficient (Wildman–Crippen LogP) is 3.72. The summed E-state index contributed by atoms with van der Waals surface area (Å²) in [5, 5.41) is 8.78. The largest absolute Gasteiger partial charge is 0.481 e. The number of rotatable bonds is 2. The average Bonchev–Trinajstić information content (AvgIpc) is 2.15. The minimum absolute atomic E-state index is 0.202. The molecule has 0 heterocycles. The van der Waals surface area contributed by atoms with Crippen LogP contribution in [-0.4, -0.2) is 11.1 Å². The van der Waals surface area contributed by atoms with Gasteiger partial charge in [0.1, 0.15) is 0 Å². The van der Waals surface area contributed by atoms with E-state index in [1.807, 2.05) is 0 Å². The van der Waals surface area contributed by atoms with Gasteiger partial charge in [0.2, 0.25) is 0 Å². The Morgan fingerprint density at radius 1 is 1.29 bits per heavy atom. The quantitative estimate of drug-likeness (QED) is 0.886. The van der Waals surface area contributed by atoms with Gasteiger partial charge in [-0.05, 0) is 31.5 Å². The van der Waals surface area contributed by atoms with E-state index < -0.39 is 28.7 Å². The van der Waals surface area contributed by atoms with Gasteiger partial charge in [0.05, 0.1) is 11.0 Å². The number of alkyl halides is 3. The van der Waals surface area contributed by atoms with Crippen LogP contribution < -0.4 is 0 Å². The van der Waals surface area contributed by atoms with Crippen LogP contribution in [0.2, 0.25) is 5.02 Å². The number of hydrogen-bond donors (Lipinski definition) is 1. The Morgan fingerprint density at radius 3 is 2.24 bits per heavy atom. The summed E-state index contributed by atoms with van der Waals surface area (Å²) in [6, 6.07) is 3.22. The van der Waals surface area contributed by atoms with Crippen LogP contribution in [0.3, 0.4) is 0 Å². The van der Waals surface area contributed by atoms with Crippen molar-refractivity contribution in [2.24, 2.45) is 0 Å². The van der Waals surface area contributed by atoms with Gasteiger partial charge in [-0.3, -0.25) is 4.79 Å². The summed E-state index contributed by atoms with van der Waals surface area (Å²) in [4.78, 5) is 11.0. The fourth-order valence-corrected chi connectivity index (χ4v) is 1.91. The third-order valence-electron chi connectivity index (χ3n) is 2.48. The lowest BCUT2D eigenvalue weighted by atomic mass is 9.81. The molecule has 0 unspecified atom stereocenters. The first kappa shape index (κ1) is 13.8. The van der Waals surface area contributed by atoms with Crippen LogP contribution in [0.4, 0.5) is 13.2 Å². The summed E-state index contributed by atoms with van der Waals surface area (Å²) >= 11 is 5.70. The second kappa shape index (κ2) is 4.22. The monoisotopic (exact) mass is 266 g/mol. The molecule has 0 aromatic heterocycles. The fraction of sp³-hybridized carbons (Fsp3) is 0.364. The highest BCUT2D eigenvalue weighted by atomic mass is 35.5. The number of carboxylic acid groups (broad SMARTS) is 1. The second-order valence-electron chi connectivity index (χ2n) is 4.09. The number of carboxylic acids is 1. The van der Waals surface area contributed by atoms with Gasteiger partial charge in [-0.1, -0.05) is 17.7 Å². The molecular weight excluding hydrogens is 257 g/mol. The normalized spacial score (nSPS) is 12.6. The van der Waals surface area contributed by atoms with Crippen molar-refractivity contribution in [2.45, 2.75) is 25.4 Å². The van der Waals surface area contributed by atoms with Crippen molar-refractivity contribution in [3.05, 3.63) is 34.3 Å². The Kier molecular flexibility index (Phi) is 3.43. The van der Waals surface area contributed by atoms with Gasteiger partial charge in [-0.2, -0.15) is 13.2 Å². The summed E-state index contributed by atoms with van der Waals surface area (Å²) in [6.07, 6.45) is -4.63. The third kappa shape index (κ3) is 2.54. The first-order valence-electron chi connectivity index (χ1n) is 4.68. The molecule has 1 aromatic rings. The van der Waals surface area contributed by atoms with E-state index in [0.717, 1.165) is 12.1 Å². The van der Waals surface area contributed by atoms with E-state index >= 15 is 0 Å². The molecule has 0 spiro atoms. The number of carbonyl (C=O) groups is 1. The smallest absolute Gasteiger partial charge is 0.416 e. The van der Waals surface area contributed by atoms with Gasteiger partial charge in [0.25, 0.3) is 0 Å². The van der Waals surface area contributed by atoms with Crippen molar-refractivity contribution in [2.75, 3.05) is 0 Å². The maximum atomic E-state index is 12.8. The standard InChI is InChI=1S/C11H10ClF3O2/c1-10(2,9(16)17)8-6(11(13,14)15)4-3-5-7(8)12/h3-5H,1-2H3,(H,16,17). The zero-order valence-electron chi connectivity index (χ0n) is 9.10. The van der Waals surface area contributed by atoms with Gasteiger partial charge < -0.3 is 5.11 Å². The van der Waals surface area contributed by atoms with E-state index in [1.54, 1.807) is 0 Å². The van der Waals surface area contributed by atoms with Crippen LogP contribution in [0.5, 0.6) is 0 Å². The molecule has 1 aromatic carbocycles. The van der Waals surface area contributed by atoms with Gasteiger partial charge in [-0.25, -0.2) is 0 Å². The number of benzene rings is 1. The first-order valence-corrected chi connectivity index (χ1v) is 5.06. The molecule has 1 rings (SSSR count). The van der Waals surface area contributed by atoms with Gasteiger partial charge in [0, 0.05) is 5.02 Å². The molecule has 0 bridgehead atoms. The fourth-order valence-electron chi connectivity index (χ4n) is 1.50. The van der Waals surface area contributed by atoms with E-state index in [-0.39, 0.29) is 5.02 Å². The Hall–Kier alpha value is -1.23. The van der Waals surface area contributed by atoms with Crippen LogP contribution in [0.1, 0.15) is 25.0 Å². The molecular formula is C11H10ClF3O2. The van der Waals surface area contributed by atoms with Crippen molar-refractivity contribution in [1.29, 1.82) is 0 Å². The summed E-state index contributed by atoms with van der Waals surface area (Å²) in [7, 11) is 0. The molecule has 0 aliphatic carbocycles. The van der Waals surface area contributed by atoms with Crippen LogP contribution in [0.25, 0.3) is 0 Å². The average molecular weight is 267 g/mol. The van der Waals surface area contributed by atoms with Crippen molar-refractivity contribution < 1.29 is 23.1 Å². The van der Waals surface area contributed by atoms with Crippen molar-refractivity contribution >= 4 is 17.6 Å². The van der Waals surface area contributed by atoms with Crippen molar-refractivity contribution in [1.82, 2.24) is 0 Å². The predicted molar refractivity (Wildman–Crippen MR) is 57.1 cm³/mol. The van der Waals surface area contributed by atoms with Gasteiger partial charge in [0.15, 0.2) is 0 Å². The molecule has 0 saturated heterocycles. The zero-order chi connectivity index (χ0) is 13.4. The van der Waals surface area contributed by atoms with Crippen LogP contribution in [0.15, 0.2) is 18.2 Å². The lowest BCUT2D eigenvalue weighted by Gasteiger charge is -2.25. The Balaban J connectivity index is 3.57. The molecule has 0 fully saturated rings. The minimum atomic E-state index is -4.63. The SMILES string of the molecule is CC(C)(C(=O)O)c1c(Cl)cccc1C(F)(F)F. The number of aliphatic carboxylic acids is 1. The molecule has 6 heteroatoms. The van der Waals surface area contributed by atoms with Crippen LogP contribution >= 0.6 is 11.6 Å². The molecule has 1 N–H and O–H groups in total. The van der Waals surface area contributed by atoms with Crippen molar-refractivity contribution in [3.8, 4) is 0 Å². The molecule has 0 aliphatic rings. The summed E-state index contributed by atoms with van der Waals surface area (Å²) < 4.78 is 38.3. The highest BCUT2D eigenvalue weighted by Crippen LogP contribution is 2.41. The third-order valence-corrected chi connectivity index (χ3v) is 2.79. The maximum absolute atomic E-state index is 12.8. The summed E-state index contributed by atoms with van der Waals surface area (Å²) in [5.41, 5.74) is -3.14. The summed E-state index contributed by atoms with van der Waals surface area (Å²) in [5.74, 6) is -1.36. The Morgan fingerprint density at radius 2 is 1.82 bits per heavy atom. The zero-order valence-corrected chi connectivity index (χ0v) is 9.86. The van der Waals surface area contributed by atoms with E-state index in [9.17, 15) is 18.0 Å². The topological polar surface area (TPSA) is 37.3 Å². The lowest BCUT2D eigenvalue weighted by molar-refractivity contribution is -0.144. The first-order chi connectivity index (χ1) is 7.58. The molecule has 0 atom stereocenters. The van der Waals surface area contributed by atoms with Gasteiger partial charge in [-0.15, -0.1) is 0 Å². The number of halogens is 4. The minimum Gasteiger partial charge on any atom is -0.481 e. The molecule has 0 saturated carbocycles. The van der Waals surface area contributed by atoms with E-state index in [1.165, 1.54) is 19.9 Å². The Labute approximate surface area is 101 Å². The van der Waals surface area contributed by atoms with Crippen LogP contribution in [-0.2, 0) is 16.4 Å². The maximum Gasteiger partial charge on any atom is 0.416 e. The molecule has 17 heavy (non-hydrogen) atoms. The molecule has 2 nitrogen and oxygen atoms in total. The van der Waals surface area contributed by atoms with E-state index in [0.29, 0.717) is 0 Å². The lowest BCUT2D eigenvalue weighted by Crippen LogP contribution is -2.31. The molecule has 0 radical (unpaired) electrons. The van der Waals surface area contributed by atoms with Gasteiger partial charge >= 0.3 is 12.1 Å².